The quantitative estimate of drug-likeness (QED) is 0.600. The molecular formula is C17H14BrClN2O2S. The van der Waals surface area contributed by atoms with Gasteiger partial charge in [0.25, 0.3) is 5.91 Å². The van der Waals surface area contributed by atoms with Crippen molar-refractivity contribution in [3.05, 3.63) is 52.0 Å². The molecular weight excluding hydrogens is 412 g/mol. The molecule has 1 heterocycles. The summed E-state index contributed by atoms with van der Waals surface area (Å²) in [6.45, 7) is 3.43. The summed E-state index contributed by atoms with van der Waals surface area (Å²) >= 11 is 10.9. The molecule has 3 aromatic rings. The maximum absolute atomic E-state index is 12.6. The second-order valence-electron chi connectivity index (χ2n) is 5.63. The molecule has 0 unspecified atom stereocenters. The summed E-state index contributed by atoms with van der Waals surface area (Å²) in [6, 6.07) is 12.9. The number of thiazole rings is 1. The first-order valence-electron chi connectivity index (χ1n) is 7.16. The number of hydrogen-bond acceptors (Lipinski definition) is 4. The molecule has 0 saturated heterocycles. The Balaban J connectivity index is 1.76. The fourth-order valence-electron chi connectivity index (χ4n) is 2.06. The van der Waals surface area contributed by atoms with E-state index in [2.05, 4.69) is 26.2 Å². The highest BCUT2D eigenvalue weighted by Gasteiger charge is 2.30. The number of rotatable bonds is 4. The van der Waals surface area contributed by atoms with Crippen LogP contribution in [-0.2, 0) is 4.79 Å². The molecule has 7 heteroatoms. The third-order valence-corrected chi connectivity index (χ3v) is 5.09. The van der Waals surface area contributed by atoms with Gasteiger partial charge < -0.3 is 4.74 Å². The van der Waals surface area contributed by atoms with Crippen LogP contribution in [0.15, 0.2) is 46.9 Å². The zero-order valence-electron chi connectivity index (χ0n) is 13.0. The SMILES string of the molecule is CC(C)(Oc1ccc(Br)cc1)C(=O)Nc1nc2c(Cl)cccc2s1. The molecule has 3 rings (SSSR count). The lowest BCUT2D eigenvalue weighted by molar-refractivity contribution is -0.128. The van der Waals surface area contributed by atoms with Gasteiger partial charge in [0.05, 0.1) is 9.72 Å². The third kappa shape index (κ3) is 3.71. The number of nitrogens with zero attached hydrogens (tertiary/aromatic N) is 1. The fourth-order valence-corrected chi connectivity index (χ4v) is 3.48. The lowest BCUT2D eigenvalue weighted by Crippen LogP contribution is -2.42. The molecule has 1 amide bonds. The number of hydrogen-bond donors (Lipinski definition) is 1. The van der Waals surface area contributed by atoms with Crippen molar-refractivity contribution < 1.29 is 9.53 Å². The lowest BCUT2D eigenvalue weighted by Gasteiger charge is -2.24. The Labute approximate surface area is 156 Å². The molecule has 0 atom stereocenters. The summed E-state index contributed by atoms with van der Waals surface area (Å²) in [7, 11) is 0. The molecule has 124 valence electrons. The average molecular weight is 426 g/mol. The van der Waals surface area contributed by atoms with Crippen LogP contribution in [0.3, 0.4) is 0 Å². The molecule has 0 spiro atoms. The molecule has 0 aliphatic rings. The van der Waals surface area contributed by atoms with Gasteiger partial charge in [-0.05, 0) is 50.2 Å². The van der Waals surface area contributed by atoms with E-state index < -0.39 is 5.60 Å². The zero-order valence-corrected chi connectivity index (χ0v) is 16.1. The highest BCUT2D eigenvalue weighted by Crippen LogP contribution is 2.31. The van der Waals surface area contributed by atoms with Crippen molar-refractivity contribution in [2.75, 3.05) is 5.32 Å². The van der Waals surface area contributed by atoms with Crippen LogP contribution in [-0.4, -0.2) is 16.5 Å². The van der Waals surface area contributed by atoms with Crippen molar-refractivity contribution in [1.82, 2.24) is 4.98 Å². The van der Waals surface area contributed by atoms with E-state index in [9.17, 15) is 4.79 Å². The summed E-state index contributed by atoms with van der Waals surface area (Å²) in [6.07, 6.45) is 0. The molecule has 4 nitrogen and oxygen atoms in total. The van der Waals surface area contributed by atoms with E-state index in [-0.39, 0.29) is 5.91 Å². The number of carbonyl (C=O) groups is 1. The van der Waals surface area contributed by atoms with E-state index in [1.165, 1.54) is 11.3 Å². The number of amides is 1. The number of fused-ring (bicyclic) bond motifs is 1. The predicted molar refractivity (Wildman–Crippen MR) is 102 cm³/mol. The first-order valence-corrected chi connectivity index (χ1v) is 9.15. The molecule has 1 N–H and O–H groups in total. The lowest BCUT2D eigenvalue weighted by atomic mass is 10.1. The van der Waals surface area contributed by atoms with Gasteiger partial charge in [-0.2, -0.15) is 0 Å². The maximum Gasteiger partial charge on any atom is 0.269 e. The van der Waals surface area contributed by atoms with Gasteiger partial charge in [0.15, 0.2) is 10.7 Å². The minimum Gasteiger partial charge on any atom is -0.478 e. The van der Waals surface area contributed by atoms with Crippen LogP contribution in [0.4, 0.5) is 5.13 Å². The molecule has 0 radical (unpaired) electrons. The number of para-hydroxylation sites is 1. The number of carbonyl (C=O) groups excluding carboxylic acids is 1. The number of aromatic nitrogens is 1. The van der Waals surface area contributed by atoms with Gasteiger partial charge in [-0.15, -0.1) is 0 Å². The van der Waals surface area contributed by atoms with Crippen molar-refractivity contribution >= 4 is 60.1 Å². The third-order valence-electron chi connectivity index (χ3n) is 3.32. The van der Waals surface area contributed by atoms with Crippen LogP contribution in [0.25, 0.3) is 10.2 Å². The van der Waals surface area contributed by atoms with Gasteiger partial charge >= 0.3 is 0 Å². The van der Waals surface area contributed by atoms with Crippen LogP contribution < -0.4 is 10.1 Å². The van der Waals surface area contributed by atoms with Crippen LogP contribution in [0.5, 0.6) is 5.75 Å². The summed E-state index contributed by atoms with van der Waals surface area (Å²) in [4.78, 5) is 16.9. The molecule has 0 fully saturated rings. The molecule has 0 aliphatic carbocycles. The highest BCUT2D eigenvalue weighted by molar-refractivity contribution is 9.10. The monoisotopic (exact) mass is 424 g/mol. The Hall–Kier alpha value is -1.63. The topological polar surface area (TPSA) is 51.2 Å². The van der Waals surface area contributed by atoms with Gasteiger partial charge in [-0.25, -0.2) is 4.98 Å². The van der Waals surface area contributed by atoms with Gasteiger partial charge in [-0.3, -0.25) is 10.1 Å². The molecule has 2 aromatic carbocycles. The number of anilines is 1. The Morgan fingerprint density at radius 2 is 1.96 bits per heavy atom. The predicted octanol–water partition coefficient (Wildman–Crippen LogP) is 5.51. The fraction of sp³-hybridized carbons (Fsp3) is 0.176. The minimum absolute atomic E-state index is 0.277. The van der Waals surface area contributed by atoms with Crippen LogP contribution >= 0.6 is 38.9 Å². The molecule has 24 heavy (non-hydrogen) atoms. The maximum atomic E-state index is 12.6. The molecule has 0 saturated carbocycles. The van der Waals surface area contributed by atoms with Crippen molar-refractivity contribution in [2.24, 2.45) is 0 Å². The summed E-state index contributed by atoms with van der Waals surface area (Å²) in [5.41, 5.74) is -0.360. The summed E-state index contributed by atoms with van der Waals surface area (Å²) < 4.78 is 7.67. The van der Waals surface area contributed by atoms with Gasteiger partial charge in [0.1, 0.15) is 11.3 Å². The molecule has 0 aliphatic heterocycles. The smallest absolute Gasteiger partial charge is 0.269 e. The average Bonchev–Trinajstić information content (AvgIpc) is 2.93. The van der Waals surface area contributed by atoms with Crippen molar-refractivity contribution in [3.8, 4) is 5.75 Å². The summed E-state index contributed by atoms with van der Waals surface area (Å²) in [5.74, 6) is 0.339. The van der Waals surface area contributed by atoms with E-state index in [0.717, 1.165) is 9.17 Å². The van der Waals surface area contributed by atoms with Crippen molar-refractivity contribution in [2.45, 2.75) is 19.4 Å². The van der Waals surface area contributed by atoms with Crippen molar-refractivity contribution in [1.29, 1.82) is 0 Å². The van der Waals surface area contributed by atoms with Gasteiger partial charge in [0, 0.05) is 4.47 Å². The Kier molecular flexibility index (Phi) is 4.80. The number of ether oxygens (including phenoxy) is 1. The Morgan fingerprint density at radius 1 is 1.25 bits per heavy atom. The zero-order chi connectivity index (χ0) is 17.3. The molecule has 0 bridgehead atoms. The summed E-state index contributed by atoms with van der Waals surface area (Å²) in [5, 5.41) is 3.87. The van der Waals surface area contributed by atoms with E-state index >= 15 is 0 Å². The highest BCUT2D eigenvalue weighted by atomic mass is 79.9. The first-order chi connectivity index (χ1) is 11.3. The van der Waals surface area contributed by atoms with E-state index in [1.54, 1.807) is 32.0 Å². The second kappa shape index (κ2) is 6.70. The first kappa shape index (κ1) is 17.2. The largest absolute Gasteiger partial charge is 0.478 e. The Morgan fingerprint density at radius 3 is 2.62 bits per heavy atom. The van der Waals surface area contributed by atoms with E-state index in [0.29, 0.717) is 21.4 Å². The van der Waals surface area contributed by atoms with E-state index in [1.807, 2.05) is 24.3 Å². The number of benzene rings is 2. The van der Waals surface area contributed by atoms with Crippen molar-refractivity contribution in [3.63, 3.8) is 0 Å². The van der Waals surface area contributed by atoms with E-state index in [4.69, 9.17) is 16.3 Å². The minimum atomic E-state index is -1.05. The number of nitrogens with one attached hydrogen (secondary N) is 1. The van der Waals surface area contributed by atoms with Crippen LogP contribution in [0.2, 0.25) is 5.02 Å². The number of halogens is 2. The van der Waals surface area contributed by atoms with Crippen LogP contribution in [0, 0.1) is 0 Å². The Bertz CT molecular complexity index is 893. The second-order valence-corrected chi connectivity index (χ2v) is 7.98. The van der Waals surface area contributed by atoms with Gasteiger partial charge in [-0.1, -0.05) is 44.9 Å². The van der Waals surface area contributed by atoms with Gasteiger partial charge in [0.2, 0.25) is 0 Å². The van der Waals surface area contributed by atoms with Crippen LogP contribution in [0.1, 0.15) is 13.8 Å². The normalized spacial score (nSPS) is 11.5. The standard InChI is InChI=1S/C17H14BrClN2O2S/c1-17(2,23-11-8-6-10(18)7-9-11)15(22)21-16-20-14-12(19)4-3-5-13(14)24-16/h3-9H,1-2H3,(H,20,21,22). The molecule has 1 aromatic heterocycles.